The first-order valence-electron chi connectivity index (χ1n) is 3.38. The summed E-state index contributed by atoms with van der Waals surface area (Å²) in [7, 11) is 0. The minimum atomic E-state index is -0.417. The molecular formula is C8H9BrFN. The zero-order chi connectivity index (χ0) is 8.43. The Labute approximate surface area is 73.8 Å². The summed E-state index contributed by atoms with van der Waals surface area (Å²) in [5.41, 5.74) is 1.78. The quantitative estimate of drug-likeness (QED) is 0.521. The van der Waals surface area contributed by atoms with Gasteiger partial charge in [-0.2, -0.15) is 4.39 Å². The third-order valence-corrected chi connectivity index (χ3v) is 2.01. The Morgan fingerprint density at radius 3 is 2.64 bits per heavy atom. The summed E-state index contributed by atoms with van der Waals surface area (Å²) in [6, 6.07) is 3.12. The van der Waals surface area contributed by atoms with Crippen LogP contribution in [0, 0.1) is 12.9 Å². The van der Waals surface area contributed by atoms with E-state index in [0.29, 0.717) is 0 Å². The molecule has 0 radical (unpaired) electrons. The van der Waals surface area contributed by atoms with Crippen molar-refractivity contribution in [2.24, 2.45) is 0 Å². The van der Waals surface area contributed by atoms with Crippen molar-refractivity contribution in [2.45, 2.75) is 18.7 Å². The van der Waals surface area contributed by atoms with Crippen molar-refractivity contribution in [1.82, 2.24) is 4.98 Å². The number of aromatic nitrogens is 1. The summed E-state index contributed by atoms with van der Waals surface area (Å²) >= 11 is 3.40. The lowest BCUT2D eigenvalue weighted by Gasteiger charge is -2.05. The zero-order valence-electron chi connectivity index (χ0n) is 6.44. The number of hydrogen-bond donors (Lipinski definition) is 0. The van der Waals surface area contributed by atoms with Crippen molar-refractivity contribution < 1.29 is 4.39 Å². The van der Waals surface area contributed by atoms with Crippen LogP contribution in [-0.2, 0) is 0 Å². The van der Waals surface area contributed by atoms with E-state index in [4.69, 9.17) is 0 Å². The molecule has 1 aromatic rings. The van der Waals surface area contributed by atoms with Gasteiger partial charge in [0, 0.05) is 10.5 Å². The van der Waals surface area contributed by atoms with Crippen LogP contribution in [0.5, 0.6) is 0 Å². The SMILES string of the molecule is Cc1nc(F)ccc1[C@H](C)Br. The highest BCUT2D eigenvalue weighted by Crippen LogP contribution is 2.23. The lowest BCUT2D eigenvalue weighted by atomic mass is 10.1. The van der Waals surface area contributed by atoms with Gasteiger partial charge in [0.05, 0.1) is 0 Å². The highest BCUT2D eigenvalue weighted by atomic mass is 79.9. The van der Waals surface area contributed by atoms with E-state index in [1.54, 1.807) is 13.0 Å². The fourth-order valence-corrected chi connectivity index (χ4v) is 1.45. The maximum absolute atomic E-state index is 12.5. The molecule has 0 saturated heterocycles. The van der Waals surface area contributed by atoms with Crippen LogP contribution in [0.1, 0.15) is 23.0 Å². The van der Waals surface area contributed by atoms with E-state index in [2.05, 4.69) is 20.9 Å². The number of alkyl halides is 1. The lowest BCUT2D eigenvalue weighted by molar-refractivity contribution is 0.578. The van der Waals surface area contributed by atoms with Gasteiger partial charge in [-0.25, -0.2) is 4.98 Å². The van der Waals surface area contributed by atoms with E-state index < -0.39 is 5.95 Å². The smallest absolute Gasteiger partial charge is 0.213 e. The van der Waals surface area contributed by atoms with Gasteiger partial charge in [0.25, 0.3) is 0 Å². The van der Waals surface area contributed by atoms with Crippen LogP contribution in [0.2, 0.25) is 0 Å². The van der Waals surface area contributed by atoms with Gasteiger partial charge in [0.2, 0.25) is 5.95 Å². The van der Waals surface area contributed by atoms with Gasteiger partial charge in [0.1, 0.15) is 0 Å². The molecule has 1 atom stereocenters. The van der Waals surface area contributed by atoms with Crippen molar-refractivity contribution >= 4 is 15.9 Å². The van der Waals surface area contributed by atoms with Gasteiger partial charge in [-0.1, -0.05) is 22.0 Å². The zero-order valence-corrected chi connectivity index (χ0v) is 8.02. The summed E-state index contributed by atoms with van der Waals surface area (Å²) < 4.78 is 12.5. The molecule has 0 aromatic carbocycles. The van der Waals surface area contributed by atoms with Crippen LogP contribution in [0.3, 0.4) is 0 Å². The average molecular weight is 218 g/mol. The van der Waals surface area contributed by atoms with Crippen molar-refractivity contribution in [3.8, 4) is 0 Å². The van der Waals surface area contributed by atoms with Crippen molar-refractivity contribution in [1.29, 1.82) is 0 Å². The molecule has 1 rings (SSSR count). The summed E-state index contributed by atoms with van der Waals surface area (Å²) in [6.07, 6.45) is 0. The molecule has 0 bridgehead atoms. The molecule has 0 aliphatic rings. The predicted octanol–water partition coefficient (Wildman–Crippen LogP) is 2.99. The Morgan fingerprint density at radius 1 is 1.55 bits per heavy atom. The molecule has 1 heterocycles. The second-order valence-electron chi connectivity index (χ2n) is 2.42. The normalized spacial score (nSPS) is 13.1. The molecule has 0 aliphatic heterocycles. The fourth-order valence-electron chi connectivity index (χ4n) is 0.962. The Bertz CT molecular complexity index is 260. The van der Waals surface area contributed by atoms with Gasteiger partial charge in [-0.15, -0.1) is 0 Å². The molecular weight excluding hydrogens is 209 g/mol. The van der Waals surface area contributed by atoms with Gasteiger partial charge in [0.15, 0.2) is 0 Å². The molecule has 1 aromatic heterocycles. The number of pyridine rings is 1. The van der Waals surface area contributed by atoms with Crippen molar-refractivity contribution in [2.75, 3.05) is 0 Å². The molecule has 0 saturated carbocycles. The molecule has 0 spiro atoms. The summed E-state index contributed by atoms with van der Waals surface area (Å²) in [6.45, 7) is 3.79. The lowest BCUT2D eigenvalue weighted by Crippen LogP contribution is -1.94. The van der Waals surface area contributed by atoms with Crippen molar-refractivity contribution in [3.05, 3.63) is 29.3 Å². The molecule has 0 unspecified atom stereocenters. The van der Waals surface area contributed by atoms with E-state index in [0.717, 1.165) is 11.3 Å². The molecule has 0 fully saturated rings. The molecule has 1 nitrogen and oxygen atoms in total. The van der Waals surface area contributed by atoms with E-state index in [-0.39, 0.29) is 4.83 Å². The maximum atomic E-state index is 12.5. The molecule has 0 amide bonds. The Hall–Kier alpha value is -0.440. The molecule has 0 aliphatic carbocycles. The number of rotatable bonds is 1. The number of hydrogen-bond acceptors (Lipinski definition) is 1. The Kier molecular flexibility index (Phi) is 2.60. The number of halogens is 2. The highest BCUT2D eigenvalue weighted by molar-refractivity contribution is 9.09. The van der Waals surface area contributed by atoms with Crippen LogP contribution in [0.4, 0.5) is 4.39 Å². The summed E-state index contributed by atoms with van der Waals surface area (Å²) in [5.74, 6) is -0.417. The third kappa shape index (κ3) is 1.99. The summed E-state index contributed by atoms with van der Waals surface area (Å²) in [5, 5.41) is 0. The predicted molar refractivity (Wildman–Crippen MR) is 46.3 cm³/mol. The highest BCUT2D eigenvalue weighted by Gasteiger charge is 2.05. The van der Waals surface area contributed by atoms with E-state index in [1.165, 1.54) is 6.07 Å². The minimum absolute atomic E-state index is 0.232. The van der Waals surface area contributed by atoms with Gasteiger partial charge >= 0.3 is 0 Å². The third-order valence-electron chi connectivity index (χ3n) is 1.52. The van der Waals surface area contributed by atoms with Gasteiger partial charge in [-0.05, 0) is 25.5 Å². The second-order valence-corrected chi connectivity index (χ2v) is 3.80. The topological polar surface area (TPSA) is 12.9 Å². The first kappa shape index (κ1) is 8.65. The molecule has 60 valence electrons. The molecule has 11 heavy (non-hydrogen) atoms. The van der Waals surface area contributed by atoms with Crippen LogP contribution in [-0.4, -0.2) is 4.98 Å². The van der Waals surface area contributed by atoms with Crippen molar-refractivity contribution in [3.63, 3.8) is 0 Å². The van der Waals surface area contributed by atoms with Crippen LogP contribution in [0.15, 0.2) is 12.1 Å². The van der Waals surface area contributed by atoms with E-state index >= 15 is 0 Å². The minimum Gasteiger partial charge on any atom is -0.225 e. The van der Waals surface area contributed by atoms with Gasteiger partial charge < -0.3 is 0 Å². The maximum Gasteiger partial charge on any atom is 0.213 e. The largest absolute Gasteiger partial charge is 0.225 e. The Morgan fingerprint density at radius 2 is 2.18 bits per heavy atom. The van der Waals surface area contributed by atoms with E-state index in [9.17, 15) is 4.39 Å². The average Bonchev–Trinajstić information content (AvgIpc) is 1.85. The number of nitrogens with zero attached hydrogens (tertiary/aromatic N) is 1. The van der Waals surface area contributed by atoms with Crippen LogP contribution >= 0.6 is 15.9 Å². The van der Waals surface area contributed by atoms with E-state index in [1.807, 2.05) is 6.92 Å². The number of aryl methyl sites for hydroxylation is 1. The van der Waals surface area contributed by atoms with Crippen LogP contribution < -0.4 is 0 Å². The first-order valence-corrected chi connectivity index (χ1v) is 4.30. The standard InChI is InChI=1S/C8H9BrFN/c1-5(9)7-3-4-8(10)11-6(7)2/h3-5H,1-2H3/t5-/m0/s1. The summed E-state index contributed by atoms with van der Waals surface area (Å²) in [4.78, 5) is 3.93. The fraction of sp³-hybridized carbons (Fsp3) is 0.375. The first-order chi connectivity index (χ1) is 5.11. The second kappa shape index (κ2) is 3.30. The Balaban J connectivity index is 3.09. The monoisotopic (exact) mass is 217 g/mol. The van der Waals surface area contributed by atoms with Crippen LogP contribution in [0.25, 0.3) is 0 Å². The molecule has 0 N–H and O–H groups in total. The van der Waals surface area contributed by atoms with Gasteiger partial charge in [-0.3, -0.25) is 0 Å². The molecule has 3 heteroatoms.